The van der Waals surface area contributed by atoms with Crippen LogP contribution in [0.4, 0.5) is 0 Å². The first-order chi connectivity index (χ1) is 12.2. The lowest BCUT2D eigenvalue weighted by Crippen LogP contribution is -2.42. The van der Waals surface area contributed by atoms with Crippen molar-refractivity contribution in [2.75, 3.05) is 13.1 Å². The molecular weight excluding hydrogens is 308 g/mol. The molecule has 2 heterocycles. The molecule has 1 aliphatic heterocycles. The molecule has 0 radical (unpaired) electrons. The summed E-state index contributed by atoms with van der Waals surface area (Å²) in [5, 5.41) is 1.38. The molecule has 1 N–H and O–H groups in total. The van der Waals surface area contributed by atoms with Gasteiger partial charge >= 0.3 is 0 Å². The van der Waals surface area contributed by atoms with E-state index in [4.69, 9.17) is 0 Å². The molecule has 2 aliphatic rings. The zero-order chi connectivity index (χ0) is 17.2. The van der Waals surface area contributed by atoms with Gasteiger partial charge in [0.2, 0.25) is 5.91 Å². The fourth-order valence-electron chi connectivity index (χ4n) is 4.85. The largest absolute Gasteiger partial charge is 0.358 e. The number of nitrogens with one attached hydrogen (secondary N) is 1. The summed E-state index contributed by atoms with van der Waals surface area (Å²) in [5.74, 6) is 1.47. The van der Waals surface area contributed by atoms with Crippen molar-refractivity contribution in [1.29, 1.82) is 0 Å². The summed E-state index contributed by atoms with van der Waals surface area (Å²) < 4.78 is 0. The first-order valence-corrected chi connectivity index (χ1v) is 10.1. The molecule has 2 fully saturated rings. The lowest BCUT2D eigenvalue weighted by Gasteiger charge is -2.35. The normalized spacial score (nSPS) is 20.3. The predicted octanol–water partition coefficient (Wildman–Crippen LogP) is 4.84. The Kier molecular flexibility index (Phi) is 4.82. The first-order valence-electron chi connectivity index (χ1n) is 10.1. The maximum Gasteiger partial charge on any atom is 0.225 e. The fraction of sp³-hybridized carbons (Fsp3) is 0.591. The van der Waals surface area contributed by atoms with Gasteiger partial charge in [0.05, 0.1) is 0 Å². The summed E-state index contributed by atoms with van der Waals surface area (Å²) in [5.41, 5.74) is 4.04. The summed E-state index contributed by atoms with van der Waals surface area (Å²) in [7, 11) is 0. The van der Waals surface area contributed by atoms with Crippen LogP contribution in [-0.4, -0.2) is 28.9 Å². The number of carbonyl (C=O) groups excluding carboxylic acids is 1. The fourth-order valence-corrected chi connectivity index (χ4v) is 4.85. The molecule has 1 amide bonds. The Morgan fingerprint density at radius 3 is 2.56 bits per heavy atom. The SMILES string of the molecule is Cc1[nH]c2ccccc2c1CC1CCN(C(=O)C2CCCCC2)CC1. The second-order valence-electron chi connectivity index (χ2n) is 8.08. The van der Waals surface area contributed by atoms with Gasteiger partial charge in [-0.15, -0.1) is 0 Å². The van der Waals surface area contributed by atoms with E-state index in [0.717, 1.165) is 45.2 Å². The van der Waals surface area contributed by atoms with Crippen LogP contribution in [0, 0.1) is 18.8 Å². The first kappa shape index (κ1) is 16.7. The van der Waals surface area contributed by atoms with Crippen LogP contribution in [0.3, 0.4) is 0 Å². The van der Waals surface area contributed by atoms with Crippen LogP contribution in [0.5, 0.6) is 0 Å². The molecule has 1 aromatic heterocycles. The quantitative estimate of drug-likeness (QED) is 0.854. The molecule has 3 nitrogen and oxygen atoms in total. The highest BCUT2D eigenvalue weighted by molar-refractivity contribution is 5.84. The third-order valence-corrected chi connectivity index (χ3v) is 6.40. The molecular formula is C22H30N2O. The Hall–Kier alpha value is -1.77. The molecule has 0 atom stereocenters. The summed E-state index contributed by atoms with van der Waals surface area (Å²) in [6.07, 6.45) is 9.48. The lowest BCUT2D eigenvalue weighted by atomic mass is 9.86. The van der Waals surface area contributed by atoms with Crippen molar-refractivity contribution in [1.82, 2.24) is 9.88 Å². The number of amides is 1. The number of aryl methyl sites for hydroxylation is 1. The summed E-state index contributed by atoms with van der Waals surface area (Å²) >= 11 is 0. The molecule has 25 heavy (non-hydrogen) atoms. The molecule has 1 saturated heterocycles. The van der Waals surface area contributed by atoms with Crippen LogP contribution in [0.15, 0.2) is 24.3 Å². The van der Waals surface area contributed by atoms with E-state index >= 15 is 0 Å². The van der Waals surface area contributed by atoms with Gasteiger partial charge in [-0.25, -0.2) is 0 Å². The molecule has 3 heteroatoms. The van der Waals surface area contributed by atoms with E-state index in [1.54, 1.807) is 0 Å². The third kappa shape index (κ3) is 3.47. The van der Waals surface area contributed by atoms with Crippen LogP contribution in [-0.2, 0) is 11.2 Å². The zero-order valence-corrected chi connectivity index (χ0v) is 15.4. The zero-order valence-electron chi connectivity index (χ0n) is 15.4. The molecule has 1 aromatic carbocycles. The van der Waals surface area contributed by atoms with Crippen LogP contribution in [0.2, 0.25) is 0 Å². The number of hydrogen-bond acceptors (Lipinski definition) is 1. The van der Waals surface area contributed by atoms with Crippen LogP contribution < -0.4 is 0 Å². The average Bonchev–Trinajstić information content (AvgIpc) is 2.98. The maximum absolute atomic E-state index is 12.7. The number of likely N-dealkylation sites (tertiary alicyclic amines) is 1. The van der Waals surface area contributed by atoms with Gasteiger partial charge in [-0.3, -0.25) is 4.79 Å². The topological polar surface area (TPSA) is 36.1 Å². The van der Waals surface area contributed by atoms with Gasteiger partial charge in [-0.05, 0) is 56.6 Å². The van der Waals surface area contributed by atoms with E-state index in [-0.39, 0.29) is 0 Å². The van der Waals surface area contributed by atoms with Gasteiger partial charge in [0.25, 0.3) is 0 Å². The van der Waals surface area contributed by atoms with Crippen molar-refractivity contribution >= 4 is 16.8 Å². The average molecular weight is 338 g/mol. The van der Waals surface area contributed by atoms with E-state index in [0.29, 0.717) is 17.7 Å². The number of hydrogen-bond donors (Lipinski definition) is 1. The van der Waals surface area contributed by atoms with Crippen molar-refractivity contribution in [3.8, 4) is 0 Å². The number of aromatic nitrogens is 1. The maximum atomic E-state index is 12.7. The van der Waals surface area contributed by atoms with E-state index in [1.165, 1.54) is 41.4 Å². The van der Waals surface area contributed by atoms with Gasteiger partial charge in [0.15, 0.2) is 0 Å². The number of carbonyl (C=O) groups is 1. The minimum absolute atomic E-state index is 0.321. The molecule has 1 aliphatic carbocycles. The van der Waals surface area contributed by atoms with Crippen molar-refractivity contribution in [2.45, 2.75) is 58.3 Å². The Balaban J connectivity index is 1.37. The minimum atomic E-state index is 0.321. The summed E-state index contributed by atoms with van der Waals surface area (Å²) in [6, 6.07) is 8.62. The number of rotatable bonds is 3. The second-order valence-corrected chi connectivity index (χ2v) is 8.08. The van der Waals surface area contributed by atoms with E-state index in [1.807, 2.05) is 0 Å². The van der Waals surface area contributed by atoms with Crippen molar-refractivity contribution in [3.05, 3.63) is 35.5 Å². The van der Waals surface area contributed by atoms with Crippen LogP contribution >= 0.6 is 0 Å². The van der Waals surface area contributed by atoms with Gasteiger partial charge in [0.1, 0.15) is 0 Å². The standard InChI is InChI=1S/C22H30N2O/c1-16-20(19-9-5-6-10-21(19)23-16)15-17-11-13-24(14-12-17)22(25)18-7-3-2-4-8-18/h5-6,9-10,17-18,23H,2-4,7-8,11-15H2,1H3. The highest BCUT2D eigenvalue weighted by Gasteiger charge is 2.29. The molecule has 4 rings (SSSR count). The number of piperidine rings is 1. The van der Waals surface area contributed by atoms with Crippen molar-refractivity contribution in [3.63, 3.8) is 0 Å². The van der Waals surface area contributed by atoms with Gasteiger partial charge in [0, 0.05) is 35.6 Å². The second kappa shape index (κ2) is 7.23. The number of aromatic amines is 1. The van der Waals surface area contributed by atoms with Gasteiger partial charge < -0.3 is 9.88 Å². The highest BCUT2D eigenvalue weighted by atomic mass is 16.2. The molecule has 0 bridgehead atoms. The minimum Gasteiger partial charge on any atom is -0.358 e. The predicted molar refractivity (Wildman–Crippen MR) is 103 cm³/mol. The van der Waals surface area contributed by atoms with E-state index < -0.39 is 0 Å². The summed E-state index contributed by atoms with van der Waals surface area (Å²) in [4.78, 5) is 18.4. The number of nitrogens with zero attached hydrogens (tertiary/aromatic N) is 1. The number of fused-ring (bicyclic) bond motifs is 1. The Morgan fingerprint density at radius 1 is 1.08 bits per heavy atom. The Bertz CT molecular complexity index is 734. The van der Waals surface area contributed by atoms with Crippen molar-refractivity contribution < 1.29 is 4.79 Å². The molecule has 0 spiro atoms. The molecule has 134 valence electrons. The van der Waals surface area contributed by atoms with Gasteiger partial charge in [-0.1, -0.05) is 37.5 Å². The molecule has 1 saturated carbocycles. The molecule has 2 aromatic rings. The Labute approximate surface area is 150 Å². The third-order valence-electron chi connectivity index (χ3n) is 6.40. The monoisotopic (exact) mass is 338 g/mol. The smallest absolute Gasteiger partial charge is 0.225 e. The number of benzene rings is 1. The lowest BCUT2D eigenvalue weighted by molar-refractivity contribution is -0.138. The van der Waals surface area contributed by atoms with Gasteiger partial charge in [-0.2, -0.15) is 0 Å². The van der Waals surface area contributed by atoms with Crippen LogP contribution in [0.1, 0.15) is 56.2 Å². The highest BCUT2D eigenvalue weighted by Crippen LogP contribution is 2.31. The summed E-state index contributed by atoms with van der Waals surface area (Å²) in [6.45, 7) is 4.11. The number of para-hydroxylation sites is 1. The van der Waals surface area contributed by atoms with Crippen LogP contribution in [0.25, 0.3) is 10.9 Å². The molecule has 0 unspecified atom stereocenters. The van der Waals surface area contributed by atoms with E-state index in [2.05, 4.69) is 41.1 Å². The van der Waals surface area contributed by atoms with Crippen molar-refractivity contribution in [2.24, 2.45) is 11.8 Å². The Morgan fingerprint density at radius 2 is 1.80 bits per heavy atom. The van der Waals surface area contributed by atoms with E-state index in [9.17, 15) is 4.79 Å². The number of H-pyrrole nitrogens is 1.